The molecule has 0 aromatic carbocycles. The maximum absolute atomic E-state index is 12.4. The molecule has 5 nitrogen and oxygen atoms in total. The molecular formula is C8H5F2N3O2. The van der Waals surface area contributed by atoms with Gasteiger partial charge in [0, 0.05) is 17.2 Å². The standard InChI is InChI=1S/C8H5F2N3O2/c1-4-5(8(9)10)2-7(13(14)15)12-6(4)3-11/h2,8H,1H3. The van der Waals surface area contributed by atoms with Crippen molar-refractivity contribution in [3.05, 3.63) is 33.0 Å². The smallest absolute Gasteiger partial charge is 0.358 e. The third-order valence-electron chi connectivity index (χ3n) is 1.83. The number of nitro groups is 1. The fourth-order valence-electron chi connectivity index (χ4n) is 1.04. The molecule has 0 amide bonds. The average Bonchev–Trinajstić information content (AvgIpc) is 2.17. The minimum atomic E-state index is -2.86. The molecule has 1 aromatic rings. The predicted molar refractivity (Wildman–Crippen MR) is 45.3 cm³/mol. The van der Waals surface area contributed by atoms with Crippen molar-refractivity contribution in [1.29, 1.82) is 5.26 Å². The molecule has 1 heterocycles. The Morgan fingerprint density at radius 1 is 1.67 bits per heavy atom. The van der Waals surface area contributed by atoms with E-state index in [1.807, 2.05) is 0 Å². The zero-order valence-corrected chi connectivity index (χ0v) is 7.57. The first kappa shape index (κ1) is 11.0. The van der Waals surface area contributed by atoms with E-state index < -0.39 is 22.7 Å². The van der Waals surface area contributed by atoms with Gasteiger partial charge < -0.3 is 10.1 Å². The molecule has 0 bridgehead atoms. The molecule has 0 radical (unpaired) electrons. The minimum Gasteiger partial charge on any atom is -0.358 e. The molecule has 7 heteroatoms. The highest BCUT2D eigenvalue weighted by molar-refractivity contribution is 5.42. The number of hydrogen-bond donors (Lipinski definition) is 0. The third kappa shape index (κ3) is 2.04. The van der Waals surface area contributed by atoms with E-state index in [2.05, 4.69) is 4.98 Å². The second kappa shape index (κ2) is 3.96. The van der Waals surface area contributed by atoms with Gasteiger partial charge in [-0.1, -0.05) is 0 Å². The predicted octanol–water partition coefficient (Wildman–Crippen LogP) is 2.11. The van der Waals surface area contributed by atoms with Crippen LogP contribution in [0.15, 0.2) is 6.07 Å². The van der Waals surface area contributed by atoms with E-state index in [9.17, 15) is 18.9 Å². The number of halogens is 2. The number of alkyl halides is 2. The van der Waals surface area contributed by atoms with E-state index in [0.717, 1.165) is 0 Å². The summed E-state index contributed by atoms with van der Waals surface area (Å²) < 4.78 is 24.9. The maximum Gasteiger partial charge on any atom is 0.365 e. The Balaban J connectivity index is 3.47. The molecule has 0 unspecified atom stereocenters. The summed E-state index contributed by atoms with van der Waals surface area (Å²) in [4.78, 5) is 12.8. The SMILES string of the molecule is Cc1c(C(F)F)cc([N+](=O)[O-])nc1C#N. The number of rotatable bonds is 2. The van der Waals surface area contributed by atoms with Gasteiger partial charge in [-0.15, -0.1) is 0 Å². The molecule has 1 rings (SSSR count). The van der Waals surface area contributed by atoms with Crippen LogP contribution in [0, 0.1) is 28.4 Å². The summed E-state index contributed by atoms with van der Waals surface area (Å²) in [5.41, 5.74) is -0.911. The Kier molecular flexibility index (Phi) is 2.90. The maximum atomic E-state index is 12.4. The van der Waals surface area contributed by atoms with E-state index in [-0.39, 0.29) is 11.3 Å². The lowest BCUT2D eigenvalue weighted by atomic mass is 10.1. The van der Waals surface area contributed by atoms with Crippen molar-refractivity contribution in [3.63, 3.8) is 0 Å². The summed E-state index contributed by atoms with van der Waals surface area (Å²) >= 11 is 0. The van der Waals surface area contributed by atoms with Crippen LogP contribution >= 0.6 is 0 Å². The first-order valence-corrected chi connectivity index (χ1v) is 3.81. The van der Waals surface area contributed by atoms with Crippen LogP contribution in [0.2, 0.25) is 0 Å². The number of nitriles is 1. The van der Waals surface area contributed by atoms with Crippen LogP contribution in [0.5, 0.6) is 0 Å². The van der Waals surface area contributed by atoms with Gasteiger partial charge in [0.25, 0.3) is 12.1 Å². The van der Waals surface area contributed by atoms with E-state index in [1.54, 1.807) is 0 Å². The lowest BCUT2D eigenvalue weighted by Crippen LogP contribution is -2.01. The average molecular weight is 213 g/mol. The highest BCUT2D eigenvalue weighted by Crippen LogP contribution is 2.26. The van der Waals surface area contributed by atoms with Crippen LogP contribution < -0.4 is 0 Å². The largest absolute Gasteiger partial charge is 0.365 e. The highest BCUT2D eigenvalue weighted by atomic mass is 19.3. The van der Waals surface area contributed by atoms with E-state index in [0.29, 0.717) is 6.07 Å². The summed E-state index contributed by atoms with van der Waals surface area (Å²) in [6.07, 6.45) is -2.86. The van der Waals surface area contributed by atoms with Gasteiger partial charge in [-0.05, 0) is 16.8 Å². The first-order chi connectivity index (χ1) is 6.97. The monoisotopic (exact) mass is 213 g/mol. The lowest BCUT2D eigenvalue weighted by Gasteiger charge is -2.03. The van der Waals surface area contributed by atoms with E-state index in [4.69, 9.17) is 5.26 Å². The quantitative estimate of drug-likeness (QED) is 0.556. The Bertz CT molecular complexity index is 454. The summed E-state index contributed by atoms with van der Waals surface area (Å²) in [6.45, 7) is 1.27. The fourth-order valence-corrected chi connectivity index (χ4v) is 1.04. The van der Waals surface area contributed by atoms with Crippen molar-refractivity contribution in [2.24, 2.45) is 0 Å². The van der Waals surface area contributed by atoms with Gasteiger partial charge in [0.15, 0.2) is 0 Å². The van der Waals surface area contributed by atoms with Crippen molar-refractivity contribution < 1.29 is 13.7 Å². The van der Waals surface area contributed by atoms with Crippen LogP contribution in [0.4, 0.5) is 14.6 Å². The Hall–Kier alpha value is -2.10. The zero-order valence-electron chi connectivity index (χ0n) is 7.57. The molecule has 0 fully saturated rings. The number of hydrogen-bond acceptors (Lipinski definition) is 4. The molecule has 15 heavy (non-hydrogen) atoms. The summed E-state index contributed by atoms with van der Waals surface area (Å²) in [5.74, 6) is -0.743. The van der Waals surface area contributed by atoms with E-state index in [1.165, 1.54) is 13.0 Å². The molecule has 1 aromatic heterocycles. The van der Waals surface area contributed by atoms with Crippen LogP contribution in [0.1, 0.15) is 23.2 Å². The molecule has 0 aliphatic carbocycles. The Morgan fingerprint density at radius 3 is 2.67 bits per heavy atom. The summed E-state index contributed by atoms with van der Waals surface area (Å²) in [5, 5.41) is 18.9. The summed E-state index contributed by atoms with van der Waals surface area (Å²) in [6, 6.07) is 2.22. The van der Waals surface area contributed by atoms with Crippen molar-refractivity contribution in [1.82, 2.24) is 4.98 Å². The molecule has 78 valence electrons. The van der Waals surface area contributed by atoms with Crippen molar-refractivity contribution >= 4 is 5.82 Å². The van der Waals surface area contributed by atoms with Gasteiger partial charge in [-0.3, -0.25) is 0 Å². The molecular weight excluding hydrogens is 208 g/mol. The lowest BCUT2D eigenvalue weighted by molar-refractivity contribution is -0.389. The van der Waals surface area contributed by atoms with Crippen LogP contribution in [0.25, 0.3) is 0 Å². The Morgan fingerprint density at radius 2 is 2.27 bits per heavy atom. The first-order valence-electron chi connectivity index (χ1n) is 3.81. The molecule has 0 atom stereocenters. The molecule has 0 saturated carbocycles. The van der Waals surface area contributed by atoms with Crippen molar-refractivity contribution in [3.8, 4) is 6.07 Å². The van der Waals surface area contributed by atoms with Gasteiger partial charge in [0.1, 0.15) is 6.07 Å². The van der Waals surface area contributed by atoms with Crippen molar-refractivity contribution in [2.45, 2.75) is 13.3 Å². The minimum absolute atomic E-state index is 0.0295. The van der Waals surface area contributed by atoms with Gasteiger partial charge >= 0.3 is 5.82 Å². The molecule has 0 saturated heterocycles. The van der Waals surface area contributed by atoms with E-state index >= 15 is 0 Å². The summed E-state index contributed by atoms with van der Waals surface area (Å²) in [7, 11) is 0. The Labute approximate surface area is 83.1 Å². The number of aromatic nitrogens is 1. The topological polar surface area (TPSA) is 79.8 Å². The number of pyridine rings is 1. The normalized spacial score (nSPS) is 10.1. The van der Waals surface area contributed by atoms with Crippen LogP contribution in [0.3, 0.4) is 0 Å². The molecule has 0 aliphatic heterocycles. The molecule has 0 N–H and O–H groups in total. The van der Waals surface area contributed by atoms with Crippen LogP contribution in [-0.2, 0) is 0 Å². The second-order valence-corrected chi connectivity index (χ2v) is 2.71. The van der Waals surface area contributed by atoms with Gasteiger partial charge in [-0.25, -0.2) is 8.78 Å². The van der Waals surface area contributed by atoms with Crippen molar-refractivity contribution in [2.75, 3.05) is 0 Å². The molecule has 0 spiro atoms. The van der Waals surface area contributed by atoms with Gasteiger partial charge in [-0.2, -0.15) is 5.26 Å². The molecule has 0 aliphatic rings. The fraction of sp³-hybridized carbons (Fsp3) is 0.250. The van der Waals surface area contributed by atoms with Gasteiger partial charge in [0.05, 0.1) is 0 Å². The third-order valence-corrected chi connectivity index (χ3v) is 1.83. The highest BCUT2D eigenvalue weighted by Gasteiger charge is 2.22. The van der Waals surface area contributed by atoms with Gasteiger partial charge in [0.2, 0.25) is 0 Å². The zero-order chi connectivity index (χ0) is 11.6. The van der Waals surface area contributed by atoms with Crippen LogP contribution in [-0.4, -0.2) is 9.91 Å². The second-order valence-electron chi connectivity index (χ2n) is 2.71. The number of nitrogens with zero attached hydrogens (tertiary/aromatic N) is 3.